The summed E-state index contributed by atoms with van der Waals surface area (Å²) in [5.74, 6) is -1.10. The minimum absolute atomic E-state index is 0.00598. The number of aliphatic hydroxyl groups is 1. The number of rotatable bonds is 5. The molecule has 0 aromatic carbocycles. The Hall–Kier alpha value is -0.720. The predicted octanol–water partition coefficient (Wildman–Crippen LogP) is -0.754. The van der Waals surface area contributed by atoms with Crippen LogP contribution in [0.15, 0.2) is 12.7 Å². The van der Waals surface area contributed by atoms with Crippen LogP contribution < -0.4 is 0 Å². The van der Waals surface area contributed by atoms with Crippen molar-refractivity contribution in [3.63, 3.8) is 0 Å². The van der Waals surface area contributed by atoms with E-state index in [1.165, 1.54) is 0 Å². The second-order valence-corrected chi connectivity index (χ2v) is 6.15. The van der Waals surface area contributed by atoms with E-state index in [1.54, 1.807) is 21.1 Å². The van der Waals surface area contributed by atoms with Crippen LogP contribution in [0.3, 0.4) is 0 Å². The molecule has 0 heterocycles. The summed E-state index contributed by atoms with van der Waals surface area (Å²) in [5, 5.41) is 9.72. The highest BCUT2D eigenvalue weighted by Crippen LogP contribution is 2.50. The fourth-order valence-corrected chi connectivity index (χ4v) is 1.82. The van der Waals surface area contributed by atoms with Gasteiger partial charge in [0, 0.05) is 6.08 Å². The van der Waals surface area contributed by atoms with Crippen LogP contribution in [-0.4, -0.2) is 58.6 Å². The summed E-state index contributed by atoms with van der Waals surface area (Å²) in [6.07, 6.45) is 0.719. The predicted molar refractivity (Wildman–Crippen MR) is 56.2 cm³/mol. The van der Waals surface area contributed by atoms with Gasteiger partial charge in [-0.25, -0.2) is 4.79 Å². The van der Waals surface area contributed by atoms with Gasteiger partial charge in [-0.3, -0.25) is 4.57 Å². The van der Waals surface area contributed by atoms with E-state index in [0.29, 0.717) is 0 Å². The van der Waals surface area contributed by atoms with Gasteiger partial charge in [0.1, 0.15) is 0 Å². The maximum Gasteiger partial charge on any atom is 0.403 e. The average Bonchev–Trinajstić information content (AvgIpc) is 1.98. The van der Waals surface area contributed by atoms with Crippen LogP contribution in [-0.2, 0) is 14.1 Å². The maximum absolute atomic E-state index is 11.1. The molecule has 0 radical (unpaired) electrons. The molecule has 7 nitrogen and oxygen atoms in total. The van der Waals surface area contributed by atoms with E-state index in [0.717, 1.165) is 6.08 Å². The molecular formula is C8H17NO6P+. The Bertz CT molecular complexity index is 330. The number of carbonyl (C=O) groups excluding carboxylic acids is 1. The van der Waals surface area contributed by atoms with Crippen LogP contribution in [0.2, 0.25) is 0 Å². The lowest BCUT2D eigenvalue weighted by molar-refractivity contribution is -0.878. The maximum atomic E-state index is 11.1. The molecule has 0 aliphatic carbocycles. The quantitative estimate of drug-likeness (QED) is 0.196. The molecule has 0 fully saturated rings. The minimum atomic E-state index is -5.00. The van der Waals surface area contributed by atoms with Crippen LogP contribution >= 0.6 is 7.60 Å². The van der Waals surface area contributed by atoms with E-state index in [1.807, 2.05) is 0 Å². The third-order valence-electron chi connectivity index (χ3n) is 1.57. The summed E-state index contributed by atoms with van der Waals surface area (Å²) in [6, 6.07) is 0. The lowest BCUT2D eigenvalue weighted by atomic mass is 10.5. The molecule has 0 spiro atoms. The number of ether oxygens (including phenoxy) is 1. The smallest absolute Gasteiger partial charge is 0.403 e. The van der Waals surface area contributed by atoms with Crippen molar-refractivity contribution in [1.82, 2.24) is 0 Å². The summed E-state index contributed by atoms with van der Waals surface area (Å²) in [7, 11) is -0.245. The lowest BCUT2D eigenvalue weighted by Gasteiger charge is -2.34. The van der Waals surface area contributed by atoms with Crippen molar-refractivity contribution < 1.29 is 33.5 Å². The number of hydrogen-bond acceptors (Lipinski definition) is 4. The number of hydrogen-bond donors (Lipinski definition) is 3. The molecule has 8 heteroatoms. The second kappa shape index (κ2) is 4.65. The molecule has 94 valence electrons. The highest BCUT2D eigenvalue weighted by molar-refractivity contribution is 7.53. The second-order valence-electron chi connectivity index (χ2n) is 4.36. The summed E-state index contributed by atoms with van der Waals surface area (Å²) < 4.78 is 15.5. The Morgan fingerprint density at radius 2 is 1.94 bits per heavy atom. The van der Waals surface area contributed by atoms with E-state index in [4.69, 9.17) is 9.79 Å². The molecule has 0 aliphatic heterocycles. The fraction of sp³-hybridized carbons (Fsp3) is 0.625. The molecular weight excluding hydrogens is 237 g/mol. The van der Waals surface area contributed by atoms with Crippen molar-refractivity contribution in [2.45, 2.75) is 5.53 Å². The largest absolute Gasteiger partial charge is 0.413 e. The van der Waals surface area contributed by atoms with Gasteiger partial charge in [0.05, 0.1) is 21.1 Å². The highest BCUT2D eigenvalue weighted by Gasteiger charge is 2.53. The van der Waals surface area contributed by atoms with Crippen LogP contribution in [0.5, 0.6) is 0 Å². The van der Waals surface area contributed by atoms with Crippen molar-refractivity contribution in [3.8, 4) is 0 Å². The summed E-state index contributed by atoms with van der Waals surface area (Å²) in [5.41, 5.74) is -2.84. The normalized spacial score (nSPS) is 16.4. The van der Waals surface area contributed by atoms with Crippen LogP contribution in [0, 0.1) is 0 Å². The van der Waals surface area contributed by atoms with E-state index < -0.39 is 25.6 Å². The third-order valence-corrected chi connectivity index (χ3v) is 2.71. The molecule has 0 bridgehead atoms. The molecule has 3 N–H and O–H groups in total. The minimum Gasteiger partial charge on any atom is -0.413 e. The van der Waals surface area contributed by atoms with Crippen LogP contribution in [0.25, 0.3) is 0 Å². The number of carbonyl (C=O) groups is 1. The van der Waals surface area contributed by atoms with Crippen molar-refractivity contribution >= 4 is 13.6 Å². The first kappa shape index (κ1) is 15.3. The fourth-order valence-electron chi connectivity index (χ4n) is 1.00. The topological polar surface area (TPSA) is 104 Å². The zero-order valence-corrected chi connectivity index (χ0v) is 10.3. The molecule has 0 aromatic rings. The molecule has 1 atom stereocenters. The Kier molecular flexibility index (Phi) is 4.44. The Balaban J connectivity index is 5.13. The zero-order chi connectivity index (χ0) is 13.2. The van der Waals surface area contributed by atoms with Gasteiger partial charge in [-0.05, 0) is 0 Å². The number of quaternary nitrogens is 1. The Morgan fingerprint density at radius 3 is 2.19 bits per heavy atom. The zero-order valence-electron chi connectivity index (χ0n) is 9.45. The third kappa shape index (κ3) is 4.42. The number of nitrogens with zero attached hydrogens (tertiary/aromatic N) is 1. The van der Waals surface area contributed by atoms with Gasteiger partial charge < -0.3 is 24.1 Å². The van der Waals surface area contributed by atoms with Gasteiger partial charge in [-0.15, -0.1) is 0 Å². The first-order chi connectivity index (χ1) is 6.91. The van der Waals surface area contributed by atoms with Crippen molar-refractivity contribution in [3.05, 3.63) is 12.7 Å². The van der Waals surface area contributed by atoms with Crippen LogP contribution in [0.4, 0.5) is 0 Å². The molecule has 0 saturated heterocycles. The molecule has 0 saturated carbocycles. The number of esters is 1. The Morgan fingerprint density at radius 1 is 1.50 bits per heavy atom. The first-order valence-corrected chi connectivity index (χ1v) is 5.96. The SMILES string of the molecule is C=CC(=O)OC(O)(C[N+](C)(C)C)P(=O)(O)O. The first-order valence-electron chi connectivity index (χ1n) is 4.35. The molecule has 0 rings (SSSR count). The van der Waals surface area contributed by atoms with Gasteiger partial charge in [-0.2, -0.15) is 0 Å². The molecule has 1 unspecified atom stereocenters. The van der Waals surface area contributed by atoms with Gasteiger partial charge in [-0.1, -0.05) is 6.58 Å². The Labute approximate surface area is 93.7 Å². The van der Waals surface area contributed by atoms with E-state index in [9.17, 15) is 14.5 Å². The molecule has 16 heavy (non-hydrogen) atoms. The van der Waals surface area contributed by atoms with Gasteiger partial charge in [0.2, 0.25) is 0 Å². The highest BCUT2D eigenvalue weighted by atomic mass is 31.2. The summed E-state index contributed by atoms with van der Waals surface area (Å²) >= 11 is 0. The van der Waals surface area contributed by atoms with Crippen LogP contribution in [0.1, 0.15) is 0 Å². The van der Waals surface area contributed by atoms with E-state index in [2.05, 4.69) is 11.3 Å². The molecule has 0 aromatic heterocycles. The summed E-state index contributed by atoms with van der Waals surface area (Å²) in [6.45, 7) is 2.63. The van der Waals surface area contributed by atoms with Gasteiger partial charge in [0.15, 0.2) is 6.54 Å². The van der Waals surface area contributed by atoms with E-state index >= 15 is 0 Å². The van der Waals surface area contributed by atoms with Crippen molar-refractivity contribution in [1.29, 1.82) is 0 Å². The van der Waals surface area contributed by atoms with Crippen molar-refractivity contribution in [2.24, 2.45) is 0 Å². The average molecular weight is 254 g/mol. The molecule has 0 aliphatic rings. The van der Waals surface area contributed by atoms with E-state index in [-0.39, 0.29) is 4.48 Å². The standard InChI is InChI=1S/C8H16NO6P/c1-5-7(10)15-8(11,16(12,13)14)6-9(2,3)4/h5,11H,1,6H2,2-4H3,(H-,12,13,14)/p+1. The number of likely N-dealkylation sites (N-methyl/N-ethyl adjacent to an activating group) is 1. The molecule has 0 amide bonds. The van der Waals surface area contributed by atoms with Gasteiger partial charge >= 0.3 is 19.1 Å². The lowest BCUT2D eigenvalue weighted by Crippen LogP contribution is -2.51. The van der Waals surface area contributed by atoms with Crippen molar-refractivity contribution in [2.75, 3.05) is 27.7 Å². The monoisotopic (exact) mass is 254 g/mol. The summed E-state index contributed by atoms with van der Waals surface area (Å²) in [4.78, 5) is 28.9. The van der Waals surface area contributed by atoms with Gasteiger partial charge in [0.25, 0.3) is 0 Å².